The van der Waals surface area contributed by atoms with Gasteiger partial charge in [0.2, 0.25) is 0 Å². The second kappa shape index (κ2) is 8.17. The third-order valence-electron chi connectivity index (χ3n) is 1.38. The van der Waals surface area contributed by atoms with Gasteiger partial charge in [-0.3, -0.25) is 8.78 Å². The Kier molecular flexibility index (Phi) is 8.16. The monoisotopic (exact) mass is 328 g/mol. The zero-order valence-electron chi connectivity index (χ0n) is 8.69. The van der Waals surface area contributed by atoms with E-state index >= 15 is 0 Å². The van der Waals surface area contributed by atoms with Crippen LogP contribution in [-0.4, -0.2) is 6.61 Å². The Morgan fingerprint density at radius 2 is 2.07 bits per heavy atom. The van der Waals surface area contributed by atoms with Crippen LogP contribution >= 0.6 is 13.6 Å². The van der Waals surface area contributed by atoms with Crippen LogP contribution in [0.1, 0.15) is 13.8 Å². The third kappa shape index (κ3) is 6.21. The minimum atomic E-state index is -0.708. The predicted octanol–water partition coefficient (Wildman–Crippen LogP) is 3.64. The number of ether oxygens (including phenoxy) is 1. The van der Waals surface area contributed by atoms with Crippen molar-refractivity contribution in [3.63, 3.8) is 0 Å². The van der Waals surface area contributed by atoms with Crippen molar-refractivity contribution in [3.05, 3.63) is 29.8 Å². The van der Waals surface area contributed by atoms with Crippen molar-refractivity contribution in [2.75, 3.05) is 6.61 Å². The molecule has 15 heavy (non-hydrogen) atoms. The van der Waals surface area contributed by atoms with E-state index in [0.29, 0.717) is 12.5 Å². The molecule has 0 atom stereocenters. The van der Waals surface area contributed by atoms with Crippen LogP contribution < -0.4 is 4.74 Å². The van der Waals surface area contributed by atoms with Crippen molar-refractivity contribution in [1.29, 1.82) is 0 Å². The molecule has 0 aliphatic carbocycles. The summed E-state index contributed by atoms with van der Waals surface area (Å²) in [7, 11) is 0. The molecule has 5 heteroatoms. The summed E-state index contributed by atoms with van der Waals surface area (Å²) < 4.78 is 30.4. The summed E-state index contributed by atoms with van der Waals surface area (Å²) in [5.74, 6) is -1.07. The van der Waals surface area contributed by atoms with E-state index in [2.05, 4.69) is 19.7 Å². The van der Waals surface area contributed by atoms with Crippen molar-refractivity contribution in [2.45, 2.75) is 13.8 Å². The van der Waals surface area contributed by atoms with Gasteiger partial charge in [0, 0.05) is 11.6 Å². The molecule has 0 bridgehead atoms. The van der Waals surface area contributed by atoms with E-state index in [1.165, 1.54) is 16.3 Å². The molecule has 0 fully saturated rings. The van der Waals surface area contributed by atoms with Gasteiger partial charge in [-0.05, 0) is 5.92 Å². The molecule has 0 saturated carbocycles. The van der Waals surface area contributed by atoms with Gasteiger partial charge in [-0.1, -0.05) is 19.9 Å². The van der Waals surface area contributed by atoms with Gasteiger partial charge >= 0.3 is 30.0 Å². The van der Waals surface area contributed by atoms with Crippen molar-refractivity contribution in [2.24, 2.45) is 5.92 Å². The molecule has 0 aromatic heterocycles. The maximum absolute atomic E-state index is 12.9. The first-order chi connectivity index (χ1) is 7.09. The van der Waals surface area contributed by atoms with E-state index in [1.807, 2.05) is 13.8 Å². The van der Waals surface area contributed by atoms with Gasteiger partial charge < -0.3 is 4.74 Å². The van der Waals surface area contributed by atoms with Crippen molar-refractivity contribution >= 4 is 13.6 Å². The average molecular weight is 330 g/mol. The Labute approximate surface area is 105 Å². The van der Waals surface area contributed by atoms with E-state index < -0.39 is 11.6 Å². The molecular formula is C10H11BrF2OZn. The molecule has 0 aliphatic rings. The number of hydrogen-bond donors (Lipinski definition) is 0. The van der Waals surface area contributed by atoms with Crippen molar-refractivity contribution in [1.82, 2.24) is 0 Å². The van der Waals surface area contributed by atoms with Crippen LogP contribution in [0.15, 0.2) is 12.1 Å². The van der Waals surface area contributed by atoms with Crippen LogP contribution in [-0.2, 0) is 16.3 Å². The van der Waals surface area contributed by atoms with E-state index in [0.717, 1.165) is 12.1 Å². The van der Waals surface area contributed by atoms with Crippen molar-refractivity contribution in [3.8, 4) is 5.75 Å². The summed E-state index contributed by atoms with van der Waals surface area (Å²) >= 11 is 4.25. The number of benzene rings is 1. The molecule has 1 aromatic rings. The van der Waals surface area contributed by atoms with Crippen molar-refractivity contribution < 1.29 is 29.9 Å². The van der Waals surface area contributed by atoms with Gasteiger partial charge in [-0.2, -0.15) is 0 Å². The SMILES string of the molecule is CC(C)COc1[c-]cc(F)cc1F.[Zn+][Br]. The van der Waals surface area contributed by atoms with E-state index in [4.69, 9.17) is 4.74 Å². The Balaban J connectivity index is 0.000000921. The molecule has 80 valence electrons. The van der Waals surface area contributed by atoms with E-state index in [1.54, 1.807) is 0 Å². The molecule has 0 amide bonds. The predicted molar refractivity (Wildman–Crippen MR) is 54.5 cm³/mol. The normalized spacial score (nSPS) is 9.60. The van der Waals surface area contributed by atoms with Crippen LogP contribution in [0.25, 0.3) is 0 Å². The van der Waals surface area contributed by atoms with Gasteiger partial charge in [0.05, 0.1) is 12.4 Å². The van der Waals surface area contributed by atoms with Crippen LogP contribution in [0.2, 0.25) is 0 Å². The van der Waals surface area contributed by atoms with Gasteiger partial charge in [0.15, 0.2) is 0 Å². The summed E-state index contributed by atoms with van der Waals surface area (Å²) in [4.78, 5) is 0. The molecule has 0 heterocycles. The van der Waals surface area contributed by atoms with Gasteiger partial charge in [0.25, 0.3) is 0 Å². The first-order valence-corrected chi connectivity index (χ1v) is 11.3. The summed E-state index contributed by atoms with van der Waals surface area (Å²) in [6.07, 6.45) is 0. The van der Waals surface area contributed by atoms with Crippen LogP contribution in [0.4, 0.5) is 8.78 Å². The molecule has 0 radical (unpaired) electrons. The fraction of sp³-hybridized carbons (Fsp3) is 0.400. The van der Waals surface area contributed by atoms with Crippen LogP contribution in [0.5, 0.6) is 5.75 Å². The Bertz CT molecular complexity index is 295. The molecule has 1 nitrogen and oxygen atoms in total. The molecule has 0 unspecified atom stereocenters. The van der Waals surface area contributed by atoms with E-state index in [9.17, 15) is 8.78 Å². The van der Waals surface area contributed by atoms with Gasteiger partial charge in [0.1, 0.15) is 0 Å². The number of rotatable bonds is 3. The van der Waals surface area contributed by atoms with Gasteiger partial charge in [-0.25, -0.2) is 0 Å². The Hall–Kier alpha value is -0.0166. The molecular weight excluding hydrogens is 319 g/mol. The fourth-order valence-electron chi connectivity index (χ4n) is 0.792. The second-order valence-corrected chi connectivity index (χ2v) is 3.20. The summed E-state index contributed by atoms with van der Waals surface area (Å²) in [5.41, 5.74) is 0. The topological polar surface area (TPSA) is 9.23 Å². The zero-order chi connectivity index (χ0) is 11.8. The zero-order valence-corrected chi connectivity index (χ0v) is 13.2. The molecule has 1 aromatic carbocycles. The van der Waals surface area contributed by atoms with Gasteiger partial charge in [-0.15, -0.1) is 12.1 Å². The minimum absolute atomic E-state index is 0.0184. The first kappa shape index (κ1) is 15.0. The Morgan fingerprint density at radius 3 is 2.53 bits per heavy atom. The Morgan fingerprint density at radius 1 is 1.47 bits per heavy atom. The quantitative estimate of drug-likeness (QED) is 0.607. The molecule has 1 rings (SSSR count). The summed E-state index contributed by atoms with van der Waals surface area (Å²) in [5, 5.41) is 0. The fourth-order valence-corrected chi connectivity index (χ4v) is 0.792. The number of halogens is 3. The summed E-state index contributed by atoms with van der Waals surface area (Å²) in [6, 6.07) is 4.23. The second-order valence-electron chi connectivity index (χ2n) is 3.20. The molecule has 0 N–H and O–H groups in total. The van der Waals surface area contributed by atoms with Crippen LogP contribution in [0.3, 0.4) is 0 Å². The standard InChI is InChI=1S/C10H11F2O.BrH.Zn/c1-7(2)6-13-10-4-3-8(11)5-9(10)12;;/h3,5,7H,6H2,1-2H3;1H;/q-1;;+2/p-1. The van der Waals surface area contributed by atoms with Crippen LogP contribution in [0, 0.1) is 23.6 Å². The number of hydrogen-bond acceptors (Lipinski definition) is 1. The average Bonchev–Trinajstić information content (AvgIpc) is 2.19. The molecule has 0 saturated heterocycles. The molecule has 0 spiro atoms. The van der Waals surface area contributed by atoms with E-state index in [-0.39, 0.29) is 5.75 Å². The maximum atomic E-state index is 12.9. The third-order valence-corrected chi connectivity index (χ3v) is 1.38. The molecule has 0 aliphatic heterocycles. The summed E-state index contributed by atoms with van der Waals surface area (Å²) in [6.45, 7) is 4.29. The first-order valence-electron chi connectivity index (χ1n) is 4.36.